The van der Waals surface area contributed by atoms with Crippen LogP contribution in [0.2, 0.25) is 0 Å². The van der Waals surface area contributed by atoms with Crippen molar-refractivity contribution in [3.05, 3.63) is 0 Å². The van der Waals surface area contributed by atoms with Gasteiger partial charge in [-0.15, -0.1) is 18.3 Å². The van der Waals surface area contributed by atoms with Gasteiger partial charge in [-0.1, -0.05) is 116 Å². The van der Waals surface area contributed by atoms with Crippen LogP contribution in [0.3, 0.4) is 0 Å². The van der Waals surface area contributed by atoms with Gasteiger partial charge in [0.15, 0.2) is 0 Å². The van der Waals surface area contributed by atoms with Gasteiger partial charge in [0.2, 0.25) is 0 Å². The van der Waals surface area contributed by atoms with Crippen molar-refractivity contribution in [3.8, 4) is 0 Å². The first-order chi connectivity index (χ1) is 24.1. The van der Waals surface area contributed by atoms with E-state index in [4.69, 9.17) is 0 Å². The summed E-state index contributed by atoms with van der Waals surface area (Å²) in [4.78, 5) is 0. The smallest absolute Gasteiger partial charge is 0.852 e. The summed E-state index contributed by atoms with van der Waals surface area (Å²) in [5.74, 6) is -37.0. The van der Waals surface area contributed by atoms with Gasteiger partial charge in [-0.2, -0.15) is 65.9 Å². The molecule has 0 spiro atoms. The molecule has 0 amide bonds. The van der Waals surface area contributed by atoms with E-state index in [9.17, 15) is 123 Å². The van der Waals surface area contributed by atoms with Gasteiger partial charge < -0.3 is 30.6 Å². The van der Waals surface area contributed by atoms with Gasteiger partial charge in [-0.3, -0.25) is 0 Å². The van der Waals surface area contributed by atoms with Gasteiger partial charge in [-0.25, -0.2) is 26.3 Å². The summed E-state index contributed by atoms with van der Waals surface area (Å²) in [5, 5.41) is 66.9. The van der Waals surface area contributed by atoms with Gasteiger partial charge in [0.1, 0.15) is 0 Å². The largest absolute Gasteiger partial charge is 3.00 e. The van der Waals surface area contributed by atoms with Crippen LogP contribution in [0.5, 0.6) is 0 Å². The number of alkyl halides is 21. The predicted octanol–water partition coefficient (Wildman–Crippen LogP) is 5.14. The Morgan fingerprint density at radius 3 is 0.475 bits per heavy atom. The number of hydrogen-bond acceptors (Lipinski definition) is 6. The van der Waals surface area contributed by atoms with Crippen molar-refractivity contribution in [2.75, 3.05) is 0 Å². The van der Waals surface area contributed by atoms with Crippen molar-refractivity contribution in [2.45, 2.75) is 172 Å². The second kappa shape index (κ2) is 22.3. The molecule has 0 aromatic carbocycles. The summed E-state index contributed by atoms with van der Waals surface area (Å²) in [6.07, 6.45) is -41.1. The van der Waals surface area contributed by atoms with Crippen molar-refractivity contribution in [1.29, 1.82) is 0 Å². The summed E-state index contributed by atoms with van der Waals surface area (Å²) in [7, 11) is 0. The van der Waals surface area contributed by atoms with E-state index in [1.54, 1.807) is 0 Å². The summed E-state index contributed by atoms with van der Waals surface area (Å²) >= 11 is 0. The maximum atomic E-state index is 12.9. The molecule has 59 heavy (non-hydrogen) atoms. The van der Waals surface area contributed by atoms with Crippen molar-refractivity contribution in [2.24, 2.45) is 16.2 Å². The molecule has 6 atom stereocenters. The van der Waals surface area contributed by atoms with Crippen molar-refractivity contribution in [3.63, 3.8) is 0 Å². The van der Waals surface area contributed by atoms with E-state index in [2.05, 4.69) is 0 Å². The fourth-order valence-electron chi connectivity index (χ4n) is 3.26. The third-order valence-electron chi connectivity index (χ3n) is 7.72. The standard InChI is InChI=1S/3C10H13F7O2.2Er/c3*1-7(2,3)5(18)4-6(19)8(11,12)9(13,14)10(15,16)17;;/h3*5-6H,4H2,1-3H3;;/q3*-2;2*+3. The summed E-state index contributed by atoms with van der Waals surface area (Å²) < 4.78 is 259. The van der Waals surface area contributed by atoms with E-state index in [0.29, 0.717) is 0 Å². The Hall–Kier alpha value is 0.784. The van der Waals surface area contributed by atoms with E-state index >= 15 is 0 Å². The zero-order chi connectivity index (χ0) is 47.6. The van der Waals surface area contributed by atoms with Gasteiger partial charge in [-0.05, 0) is 0 Å². The van der Waals surface area contributed by atoms with Crippen LogP contribution in [0.15, 0.2) is 0 Å². The first kappa shape index (κ1) is 68.8. The van der Waals surface area contributed by atoms with E-state index < -0.39 is 126 Å². The average molecular weight is 1230 g/mol. The molecule has 0 aliphatic heterocycles. The van der Waals surface area contributed by atoms with E-state index in [0.717, 1.165) is 0 Å². The van der Waals surface area contributed by atoms with Crippen LogP contribution in [0, 0.1) is 90.9 Å². The summed E-state index contributed by atoms with van der Waals surface area (Å²) in [6, 6.07) is 0. The van der Waals surface area contributed by atoms with Crippen LogP contribution in [-0.4, -0.2) is 90.7 Å². The van der Waals surface area contributed by atoms with Gasteiger partial charge in [0, 0.05) is 0 Å². The third-order valence-corrected chi connectivity index (χ3v) is 7.72. The Kier molecular flexibility index (Phi) is 26.0. The Balaban J connectivity index is -0.000000243. The van der Waals surface area contributed by atoms with Gasteiger partial charge >= 0.3 is 129 Å². The maximum Gasteiger partial charge on any atom is 3.00 e. The molecule has 0 aliphatic rings. The Morgan fingerprint density at radius 1 is 0.271 bits per heavy atom. The zero-order valence-electron chi connectivity index (χ0n) is 31.5. The second-order valence-corrected chi connectivity index (χ2v) is 15.8. The molecule has 6 unspecified atom stereocenters. The maximum absolute atomic E-state index is 12.9. The molecule has 0 rings (SSSR count). The van der Waals surface area contributed by atoms with Crippen molar-refractivity contribution >= 4 is 0 Å². The van der Waals surface area contributed by atoms with Crippen LogP contribution < -0.4 is 30.6 Å². The minimum atomic E-state index is -6.56. The molecular weight excluding hydrogens is 1190 g/mol. The molecule has 0 bridgehead atoms. The fraction of sp³-hybridized carbons (Fsp3) is 1.00. The third kappa shape index (κ3) is 17.9. The second-order valence-electron chi connectivity index (χ2n) is 15.8. The molecule has 0 saturated carbocycles. The van der Waals surface area contributed by atoms with Crippen LogP contribution >= 0.6 is 0 Å². The zero-order valence-corrected chi connectivity index (χ0v) is 35.3. The molecule has 0 aromatic rings. The van der Waals surface area contributed by atoms with Crippen molar-refractivity contribution in [1.82, 2.24) is 0 Å². The number of rotatable bonds is 12. The number of halogens is 21. The molecular formula is C30H39Er2F21O6. The van der Waals surface area contributed by atoms with Crippen LogP contribution in [0.4, 0.5) is 92.2 Å². The number of hydrogen-bond donors (Lipinski definition) is 0. The molecule has 366 valence electrons. The molecule has 0 heterocycles. The monoisotopic (exact) mass is 1230 g/mol. The minimum Gasteiger partial charge on any atom is -0.852 e. The van der Waals surface area contributed by atoms with E-state index in [-0.39, 0.29) is 74.6 Å². The topological polar surface area (TPSA) is 138 Å². The molecule has 6 nitrogen and oxygen atoms in total. The molecule has 0 saturated heterocycles. The van der Waals surface area contributed by atoms with E-state index in [1.165, 1.54) is 62.3 Å². The molecule has 0 fully saturated rings. The minimum absolute atomic E-state index is 0. The first-order valence-electron chi connectivity index (χ1n) is 15.6. The van der Waals surface area contributed by atoms with Crippen LogP contribution in [0.25, 0.3) is 0 Å². The average Bonchev–Trinajstić information content (AvgIpc) is 2.93. The van der Waals surface area contributed by atoms with Crippen LogP contribution in [-0.2, 0) is 0 Å². The normalized spacial score (nSPS) is 17.7. The SMILES string of the molecule is CC(C)(C)C([O-])CC([O-])C(F)(F)C(F)(F)C(F)(F)F.CC(C)(C)C([O-])CC([O-])C(F)(F)C(F)(F)C(F)(F)F.CC(C)(C)C([O-])CC([O-])C(F)(F)C(F)(F)C(F)(F)F.[Er+3].[Er+3]. The molecule has 0 N–H and O–H groups in total. The molecule has 2 radical (unpaired) electrons. The van der Waals surface area contributed by atoms with Crippen molar-refractivity contribution < 1.29 is 197 Å². The molecule has 0 aromatic heterocycles. The summed E-state index contributed by atoms with van der Waals surface area (Å²) in [6.45, 7) is 11.4. The first-order valence-corrected chi connectivity index (χ1v) is 15.6. The summed E-state index contributed by atoms with van der Waals surface area (Å²) in [5.41, 5.74) is -3.61. The molecule has 0 aliphatic carbocycles. The molecule has 29 heteroatoms. The van der Waals surface area contributed by atoms with Gasteiger partial charge in [0.25, 0.3) is 0 Å². The Bertz CT molecular complexity index is 1080. The van der Waals surface area contributed by atoms with E-state index in [1.807, 2.05) is 0 Å². The fourth-order valence-corrected chi connectivity index (χ4v) is 3.26. The Morgan fingerprint density at radius 2 is 0.390 bits per heavy atom. The van der Waals surface area contributed by atoms with Crippen LogP contribution in [0.1, 0.15) is 81.6 Å². The quantitative estimate of drug-likeness (QED) is 0.249. The Labute approximate surface area is 383 Å². The van der Waals surface area contributed by atoms with Gasteiger partial charge in [0.05, 0.1) is 0 Å². The predicted molar refractivity (Wildman–Crippen MR) is 143 cm³/mol.